The fraction of sp³-hybridized carbons (Fsp3) is 0.0526. The van der Waals surface area contributed by atoms with Gasteiger partial charge in [0.2, 0.25) is 0 Å². The highest BCUT2D eigenvalue weighted by atomic mass is 16.3. The van der Waals surface area contributed by atoms with E-state index in [1.807, 2.05) is 12.1 Å². The van der Waals surface area contributed by atoms with Crippen molar-refractivity contribution < 1.29 is 4.42 Å². The summed E-state index contributed by atoms with van der Waals surface area (Å²) in [7, 11) is 0. The highest BCUT2D eigenvalue weighted by molar-refractivity contribution is 6.05. The zero-order valence-electron chi connectivity index (χ0n) is 22.6. The highest BCUT2D eigenvalue weighted by Crippen LogP contribution is 2.38. The standard InChI is InChI=1S/C38H29NO/c1-26-22-27(2)24-34(23-26)39(32-17-12-29(13-18-32)28-8-4-3-5-9-28)33-19-14-30(15-20-33)31-16-21-36-35-10-6-7-11-37(35)40-38(36)25-31/h3-25H,1-2H3. The fourth-order valence-electron chi connectivity index (χ4n) is 5.67. The SMILES string of the molecule is Cc1cc(C)cc(N(c2ccc(-c3ccccc3)cc2)c2ccc(-c3ccc4c(c3)oc3ccccc34)cc2)c1. The maximum atomic E-state index is 6.15. The molecular formula is C38H29NO. The topological polar surface area (TPSA) is 16.4 Å². The average molecular weight is 516 g/mol. The normalized spacial score (nSPS) is 11.2. The number of anilines is 3. The van der Waals surface area contributed by atoms with E-state index in [0.717, 1.165) is 50.1 Å². The number of para-hydroxylation sites is 1. The van der Waals surface area contributed by atoms with Crippen LogP contribution in [-0.2, 0) is 0 Å². The van der Waals surface area contributed by atoms with Crippen LogP contribution in [0.15, 0.2) is 144 Å². The van der Waals surface area contributed by atoms with E-state index < -0.39 is 0 Å². The van der Waals surface area contributed by atoms with Crippen LogP contribution in [0.1, 0.15) is 11.1 Å². The first-order valence-corrected chi connectivity index (χ1v) is 13.7. The van der Waals surface area contributed by atoms with Crippen LogP contribution in [-0.4, -0.2) is 0 Å². The number of hydrogen-bond acceptors (Lipinski definition) is 2. The number of benzene rings is 6. The van der Waals surface area contributed by atoms with E-state index in [1.165, 1.54) is 22.3 Å². The van der Waals surface area contributed by atoms with Gasteiger partial charge < -0.3 is 9.32 Å². The maximum absolute atomic E-state index is 6.15. The van der Waals surface area contributed by atoms with Gasteiger partial charge in [0.05, 0.1) is 0 Å². The summed E-state index contributed by atoms with van der Waals surface area (Å²) in [5.41, 5.74) is 12.5. The third-order valence-electron chi connectivity index (χ3n) is 7.53. The summed E-state index contributed by atoms with van der Waals surface area (Å²) in [6.07, 6.45) is 0. The minimum absolute atomic E-state index is 0.915. The van der Waals surface area contributed by atoms with Crippen molar-refractivity contribution >= 4 is 39.0 Å². The Morgan fingerprint density at radius 2 is 0.925 bits per heavy atom. The van der Waals surface area contributed by atoms with Gasteiger partial charge in [-0.3, -0.25) is 0 Å². The van der Waals surface area contributed by atoms with Gasteiger partial charge in [-0.05, 0) is 102 Å². The van der Waals surface area contributed by atoms with Crippen LogP contribution in [0.5, 0.6) is 0 Å². The first kappa shape index (κ1) is 24.0. The molecule has 6 aromatic carbocycles. The number of aryl methyl sites for hydroxylation is 2. The van der Waals surface area contributed by atoms with Crippen molar-refractivity contribution in [2.75, 3.05) is 4.90 Å². The summed E-state index contributed by atoms with van der Waals surface area (Å²) < 4.78 is 6.15. The molecule has 0 bridgehead atoms. The van der Waals surface area contributed by atoms with Gasteiger partial charge in [-0.25, -0.2) is 0 Å². The van der Waals surface area contributed by atoms with Crippen LogP contribution in [0, 0.1) is 13.8 Å². The van der Waals surface area contributed by atoms with Crippen LogP contribution in [0.2, 0.25) is 0 Å². The Morgan fingerprint density at radius 1 is 0.400 bits per heavy atom. The molecule has 7 rings (SSSR count). The van der Waals surface area contributed by atoms with Crippen LogP contribution >= 0.6 is 0 Å². The Balaban J connectivity index is 1.27. The van der Waals surface area contributed by atoms with Crippen molar-refractivity contribution in [1.29, 1.82) is 0 Å². The number of nitrogens with zero attached hydrogens (tertiary/aromatic N) is 1. The fourth-order valence-corrected chi connectivity index (χ4v) is 5.67. The minimum Gasteiger partial charge on any atom is -0.456 e. The molecule has 0 fully saturated rings. The van der Waals surface area contributed by atoms with Crippen molar-refractivity contribution in [2.45, 2.75) is 13.8 Å². The van der Waals surface area contributed by atoms with Crippen molar-refractivity contribution in [3.63, 3.8) is 0 Å². The molecule has 40 heavy (non-hydrogen) atoms. The lowest BCUT2D eigenvalue weighted by Gasteiger charge is -2.26. The van der Waals surface area contributed by atoms with E-state index in [-0.39, 0.29) is 0 Å². The molecule has 0 radical (unpaired) electrons. The van der Waals surface area contributed by atoms with Gasteiger partial charge in [-0.2, -0.15) is 0 Å². The summed E-state index contributed by atoms with van der Waals surface area (Å²) in [6, 6.07) is 49.6. The molecule has 192 valence electrons. The van der Waals surface area contributed by atoms with Crippen LogP contribution in [0.25, 0.3) is 44.2 Å². The number of furan rings is 1. The summed E-state index contributed by atoms with van der Waals surface area (Å²) >= 11 is 0. The summed E-state index contributed by atoms with van der Waals surface area (Å²) in [5.74, 6) is 0. The zero-order valence-corrected chi connectivity index (χ0v) is 22.6. The number of rotatable bonds is 5. The lowest BCUT2D eigenvalue weighted by atomic mass is 10.0. The Morgan fingerprint density at radius 3 is 1.60 bits per heavy atom. The van der Waals surface area contributed by atoms with E-state index in [2.05, 4.69) is 146 Å². The van der Waals surface area contributed by atoms with E-state index in [9.17, 15) is 0 Å². The zero-order chi connectivity index (χ0) is 27.1. The first-order chi connectivity index (χ1) is 19.6. The molecule has 2 heteroatoms. The van der Waals surface area contributed by atoms with Gasteiger partial charge in [0, 0.05) is 27.8 Å². The monoisotopic (exact) mass is 515 g/mol. The molecule has 0 saturated carbocycles. The van der Waals surface area contributed by atoms with Crippen LogP contribution < -0.4 is 4.90 Å². The molecule has 0 unspecified atom stereocenters. The average Bonchev–Trinajstić information content (AvgIpc) is 3.36. The lowest BCUT2D eigenvalue weighted by molar-refractivity contribution is 0.669. The smallest absolute Gasteiger partial charge is 0.136 e. The molecule has 1 aromatic heterocycles. The number of hydrogen-bond donors (Lipinski definition) is 0. The number of fused-ring (bicyclic) bond motifs is 3. The Hall–Kier alpha value is -5.08. The lowest BCUT2D eigenvalue weighted by Crippen LogP contribution is -2.10. The van der Waals surface area contributed by atoms with Gasteiger partial charge in [0.1, 0.15) is 11.2 Å². The summed E-state index contributed by atoms with van der Waals surface area (Å²) in [6.45, 7) is 4.31. The molecular weight excluding hydrogens is 486 g/mol. The van der Waals surface area contributed by atoms with Crippen LogP contribution in [0.3, 0.4) is 0 Å². The molecule has 2 nitrogen and oxygen atoms in total. The van der Waals surface area contributed by atoms with Gasteiger partial charge in [0.25, 0.3) is 0 Å². The summed E-state index contributed by atoms with van der Waals surface area (Å²) in [4.78, 5) is 2.33. The second-order valence-electron chi connectivity index (χ2n) is 10.5. The van der Waals surface area contributed by atoms with Crippen molar-refractivity contribution in [3.05, 3.63) is 151 Å². The van der Waals surface area contributed by atoms with E-state index in [0.29, 0.717) is 0 Å². The van der Waals surface area contributed by atoms with E-state index in [4.69, 9.17) is 4.42 Å². The van der Waals surface area contributed by atoms with Crippen molar-refractivity contribution in [3.8, 4) is 22.3 Å². The Labute approximate surface area is 234 Å². The minimum atomic E-state index is 0.915. The van der Waals surface area contributed by atoms with Gasteiger partial charge in [-0.15, -0.1) is 0 Å². The predicted molar refractivity (Wildman–Crippen MR) is 169 cm³/mol. The largest absolute Gasteiger partial charge is 0.456 e. The highest BCUT2D eigenvalue weighted by Gasteiger charge is 2.15. The molecule has 0 aliphatic rings. The molecule has 0 aliphatic carbocycles. The molecule has 0 atom stereocenters. The Kier molecular flexibility index (Phi) is 5.94. The van der Waals surface area contributed by atoms with Crippen molar-refractivity contribution in [1.82, 2.24) is 0 Å². The van der Waals surface area contributed by atoms with E-state index in [1.54, 1.807) is 0 Å². The van der Waals surface area contributed by atoms with Crippen molar-refractivity contribution in [2.24, 2.45) is 0 Å². The maximum Gasteiger partial charge on any atom is 0.136 e. The van der Waals surface area contributed by atoms with E-state index >= 15 is 0 Å². The second-order valence-corrected chi connectivity index (χ2v) is 10.5. The van der Waals surface area contributed by atoms with Gasteiger partial charge >= 0.3 is 0 Å². The third-order valence-corrected chi connectivity index (χ3v) is 7.53. The van der Waals surface area contributed by atoms with Gasteiger partial charge in [-0.1, -0.05) is 84.9 Å². The predicted octanol–water partition coefficient (Wildman–Crippen LogP) is 11.0. The molecule has 0 amide bonds. The summed E-state index contributed by atoms with van der Waals surface area (Å²) in [5, 5.41) is 2.30. The molecule has 7 aromatic rings. The third kappa shape index (κ3) is 4.44. The molecule has 0 spiro atoms. The molecule has 0 N–H and O–H groups in total. The first-order valence-electron chi connectivity index (χ1n) is 13.7. The van der Waals surface area contributed by atoms with Crippen LogP contribution in [0.4, 0.5) is 17.1 Å². The molecule has 1 heterocycles. The molecule has 0 aliphatic heterocycles. The molecule has 0 saturated heterocycles. The Bertz CT molecular complexity index is 1930. The van der Waals surface area contributed by atoms with Gasteiger partial charge in [0.15, 0.2) is 0 Å². The quantitative estimate of drug-likeness (QED) is 0.227. The second kappa shape index (κ2) is 9.91.